The minimum atomic E-state index is -0.361. The van der Waals surface area contributed by atoms with E-state index in [2.05, 4.69) is 0 Å². The molecule has 0 radical (unpaired) electrons. The lowest BCUT2D eigenvalue weighted by Crippen LogP contribution is -2.14. The molecular weight excluding hydrogens is 212 g/mol. The summed E-state index contributed by atoms with van der Waals surface area (Å²) in [6.45, 7) is 0. The van der Waals surface area contributed by atoms with E-state index in [-0.39, 0.29) is 6.10 Å². The van der Waals surface area contributed by atoms with Crippen molar-refractivity contribution in [3.05, 3.63) is 24.3 Å². The summed E-state index contributed by atoms with van der Waals surface area (Å²) < 4.78 is 10.2. The van der Waals surface area contributed by atoms with Crippen molar-refractivity contribution in [1.29, 1.82) is 0 Å². The zero-order valence-corrected chi connectivity index (χ0v) is 9.62. The van der Waals surface area contributed by atoms with Gasteiger partial charge in [-0.1, -0.05) is 12.1 Å². The summed E-state index contributed by atoms with van der Waals surface area (Å²) in [5, 5.41) is 0. The van der Waals surface area contributed by atoms with Crippen LogP contribution in [-0.2, 0) is 9.53 Å². The molecule has 82 valence electrons. The van der Waals surface area contributed by atoms with Crippen LogP contribution in [0.1, 0.15) is 0 Å². The third-order valence-electron chi connectivity index (χ3n) is 1.93. The lowest BCUT2D eigenvalue weighted by atomic mass is 10.3. The molecule has 0 aliphatic rings. The van der Waals surface area contributed by atoms with Gasteiger partial charge in [0, 0.05) is 17.8 Å². The molecule has 0 heterocycles. The molecule has 1 aromatic rings. The zero-order valence-electron chi connectivity index (χ0n) is 8.80. The number of ether oxygens (including phenoxy) is 2. The molecule has 1 aromatic carbocycles. The molecule has 0 aliphatic carbocycles. The average molecular weight is 226 g/mol. The Balaban J connectivity index is 2.60. The monoisotopic (exact) mass is 226 g/mol. The van der Waals surface area contributed by atoms with Crippen LogP contribution in [0.15, 0.2) is 29.2 Å². The van der Waals surface area contributed by atoms with Crippen molar-refractivity contribution in [2.45, 2.75) is 11.0 Å². The Bertz CT molecular complexity index is 314. The summed E-state index contributed by atoms with van der Waals surface area (Å²) in [6.07, 6.45) is 0.447. The van der Waals surface area contributed by atoms with Gasteiger partial charge in [-0.2, -0.15) is 0 Å². The van der Waals surface area contributed by atoms with Gasteiger partial charge in [0.25, 0.3) is 0 Å². The number of rotatable bonds is 6. The second kappa shape index (κ2) is 6.48. The van der Waals surface area contributed by atoms with Crippen LogP contribution in [0.5, 0.6) is 5.75 Å². The van der Waals surface area contributed by atoms with E-state index in [1.165, 1.54) is 7.11 Å². The molecule has 3 nitrogen and oxygen atoms in total. The van der Waals surface area contributed by atoms with Crippen molar-refractivity contribution in [2.24, 2.45) is 0 Å². The first-order chi connectivity index (χ1) is 7.31. The van der Waals surface area contributed by atoms with Crippen LogP contribution in [0, 0.1) is 0 Å². The number of carbonyl (C=O) groups is 1. The van der Waals surface area contributed by atoms with E-state index in [1.807, 2.05) is 24.3 Å². The molecule has 0 aliphatic heterocycles. The van der Waals surface area contributed by atoms with Crippen molar-refractivity contribution < 1.29 is 14.3 Å². The molecule has 0 bridgehead atoms. The van der Waals surface area contributed by atoms with E-state index in [9.17, 15) is 4.79 Å². The second-order valence-corrected chi connectivity index (χ2v) is 3.93. The molecule has 1 rings (SSSR count). The normalized spacial score (nSPS) is 12.1. The molecule has 1 atom stereocenters. The minimum Gasteiger partial charge on any atom is -0.496 e. The molecule has 0 spiro atoms. The largest absolute Gasteiger partial charge is 0.496 e. The fourth-order valence-electron chi connectivity index (χ4n) is 1.07. The highest BCUT2D eigenvalue weighted by Crippen LogP contribution is 2.29. The number of aldehydes is 1. The molecule has 0 N–H and O–H groups in total. The predicted molar refractivity (Wildman–Crippen MR) is 60.6 cm³/mol. The van der Waals surface area contributed by atoms with Crippen molar-refractivity contribution >= 4 is 18.0 Å². The van der Waals surface area contributed by atoms with Gasteiger partial charge in [0.2, 0.25) is 0 Å². The summed E-state index contributed by atoms with van der Waals surface area (Å²) in [5.74, 6) is 1.42. The molecule has 0 fully saturated rings. The van der Waals surface area contributed by atoms with Gasteiger partial charge in [-0.15, -0.1) is 11.8 Å². The van der Waals surface area contributed by atoms with E-state index in [1.54, 1.807) is 18.9 Å². The van der Waals surface area contributed by atoms with Gasteiger partial charge in [-0.05, 0) is 12.1 Å². The van der Waals surface area contributed by atoms with Crippen molar-refractivity contribution in [3.8, 4) is 5.75 Å². The van der Waals surface area contributed by atoms with Crippen LogP contribution < -0.4 is 4.74 Å². The molecule has 0 aromatic heterocycles. The lowest BCUT2D eigenvalue weighted by molar-refractivity contribution is -0.115. The zero-order chi connectivity index (χ0) is 11.1. The van der Waals surface area contributed by atoms with E-state index in [0.717, 1.165) is 16.9 Å². The first kappa shape index (κ1) is 12.1. The van der Waals surface area contributed by atoms with E-state index in [0.29, 0.717) is 5.75 Å². The molecule has 0 amide bonds. The Hall–Kier alpha value is -1.00. The van der Waals surface area contributed by atoms with Gasteiger partial charge in [0.1, 0.15) is 18.1 Å². The third kappa shape index (κ3) is 3.57. The third-order valence-corrected chi connectivity index (χ3v) is 3.07. The SMILES string of the molecule is COc1ccccc1SC[C@H](C=O)OC. The van der Waals surface area contributed by atoms with Gasteiger partial charge >= 0.3 is 0 Å². The quantitative estimate of drug-likeness (QED) is 0.549. The highest BCUT2D eigenvalue weighted by molar-refractivity contribution is 7.99. The smallest absolute Gasteiger partial charge is 0.149 e. The number of para-hydroxylation sites is 1. The maximum absolute atomic E-state index is 10.5. The number of carbonyl (C=O) groups excluding carboxylic acids is 1. The Kier molecular flexibility index (Phi) is 5.21. The van der Waals surface area contributed by atoms with Crippen LogP contribution in [0.25, 0.3) is 0 Å². The number of thioether (sulfide) groups is 1. The first-order valence-corrected chi connectivity index (χ1v) is 5.54. The molecule has 0 saturated carbocycles. The highest BCUT2D eigenvalue weighted by atomic mass is 32.2. The van der Waals surface area contributed by atoms with Crippen molar-refractivity contribution in [3.63, 3.8) is 0 Å². The lowest BCUT2D eigenvalue weighted by Gasteiger charge is -2.10. The van der Waals surface area contributed by atoms with Gasteiger partial charge in [-0.25, -0.2) is 0 Å². The van der Waals surface area contributed by atoms with Crippen LogP contribution in [0.3, 0.4) is 0 Å². The van der Waals surface area contributed by atoms with Crippen molar-refractivity contribution in [2.75, 3.05) is 20.0 Å². The first-order valence-electron chi connectivity index (χ1n) is 4.55. The van der Waals surface area contributed by atoms with Crippen LogP contribution in [0.4, 0.5) is 0 Å². The Labute approximate surface area is 93.8 Å². The molecule has 0 unspecified atom stereocenters. The van der Waals surface area contributed by atoms with Gasteiger partial charge in [0.15, 0.2) is 0 Å². The number of benzene rings is 1. The Morgan fingerprint density at radius 2 is 2.13 bits per heavy atom. The van der Waals surface area contributed by atoms with Crippen LogP contribution >= 0.6 is 11.8 Å². The summed E-state index contributed by atoms with van der Waals surface area (Å²) in [4.78, 5) is 11.6. The highest BCUT2D eigenvalue weighted by Gasteiger charge is 2.08. The molecule has 15 heavy (non-hydrogen) atoms. The topological polar surface area (TPSA) is 35.5 Å². The standard InChI is InChI=1S/C11H14O3S/c1-13-9(7-12)8-15-11-6-4-3-5-10(11)14-2/h3-7,9H,8H2,1-2H3/t9-/m0/s1. The fraction of sp³-hybridized carbons (Fsp3) is 0.364. The van der Waals surface area contributed by atoms with Gasteiger partial charge in [-0.3, -0.25) is 0 Å². The molecule has 4 heteroatoms. The summed E-state index contributed by atoms with van der Waals surface area (Å²) in [5.41, 5.74) is 0. The summed E-state index contributed by atoms with van der Waals surface area (Å²) >= 11 is 1.55. The van der Waals surface area contributed by atoms with Gasteiger partial charge in [0.05, 0.1) is 7.11 Å². The second-order valence-electron chi connectivity index (χ2n) is 2.87. The Morgan fingerprint density at radius 1 is 1.40 bits per heavy atom. The number of hydrogen-bond donors (Lipinski definition) is 0. The maximum atomic E-state index is 10.5. The summed E-state index contributed by atoms with van der Waals surface area (Å²) in [6, 6.07) is 7.70. The maximum Gasteiger partial charge on any atom is 0.149 e. The van der Waals surface area contributed by atoms with E-state index in [4.69, 9.17) is 9.47 Å². The summed E-state index contributed by atoms with van der Waals surface area (Å²) in [7, 11) is 3.16. The molecular formula is C11H14O3S. The number of hydrogen-bond acceptors (Lipinski definition) is 4. The molecule has 0 saturated heterocycles. The van der Waals surface area contributed by atoms with E-state index < -0.39 is 0 Å². The van der Waals surface area contributed by atoms with E-state index >= 15 is 0 Å². The van der Waals surface area contributed by atoms with Crippen LogP contribution in [0.2, 0.25) is 0 Å². The number of methoxy groups -OCH3 is 2. The Morgan fingerprint density at radius 3 is 2.73 bits per heavy atom. The predicted octanol–water partition coefficient (Wildman–Crippen LogP) is 2.00. The van der Waals surface area contributed by atoms with Gasteiger partial charge < -0.3 is 14.3 Å². The fourth-order valence-corrected chi connectivity index (χ4v) is 2.10. The minimum absolute atomic E-state index is 0.361. The van der Waals surface area contributed by atoms with Crippen molar-refractivity contribution in [1.82, 2.24) is 0 Å². The van der Waals surface area contributed by atoms with Crippen LogP contribution in [-0.4, -0.2) is 32.4 Å². The average Bonchev–Trinajstić information content (AvgIpc) is 2.31.